The van der Waals surface area contributed by atoms with Gasteiger partial charge in [-0.05, 0) is 23.6 Å². The Morgan fingerprint density at radius 3 is 2.57 bits per heavy atom. The van der Waals surface area contributed by atoms with Crippen LogP contribution in [0.5, 0.6) is 5.75 Å². The Kier molecular flexibility index (Phi) is 3.98. The zero-order chi connectivity index (χ0) is 16.6. The van der Waals surface area contributed by atoms with Crippen molar-refractivity contribution in [3.05, 3.63) is 41.1 Å². The molecule has 2 aliphatic rings. The van der Waals surface area contributed by atoms with Crippen LogP contribution in [0.3, 0.4) is 0 Å². The largest absolute Gasteiger partial charge is 0.497 e. The minimum atomic E-state index is -0.422. The van der Waals surface area contributed by atoms with Crippen LogP contribution in [-0.4, -0.2) is 37.0 Å². The van der Waals surface area contributed by atoms with Gasteiger partial charge in [0.2, 0.25) is 0 Å². The van der Waals surface area contributed by atoms with E-state index >= 15 is 0 Å². The van der Waals surface area contributed by atoms with E-state index in [1.807, 2.05) is 24.3 Å². The highest BCUT2D eigenvalue weighted by molar-refractivity contribution is 6.01. The Bertz CT molecular complexity index is 664. The first-order chi connectivity index (χ1) is 11.0. The highest BCUT2D eigenvalue weighted by Gasteiger charge is 2.40. The van der Waals surface area contributed by atoms with Gasteiger partial charge in [0, 0.05) is 6.54 Å². The number of urea groups is 1. The van der Waals surface area contributed by atoms with Gasteiger partial charge in [-0.15, -0.1) is 0 Å². The zero-order valence-electron chi connectivity index (χ0n) is 13.6. The molecule has 23 heavy (non-hydrogen) atoms. The van der Waals surface area contributed by atoms with Crippen LogP contribution < -0.4 is 15.4 Å². The number of rotatable bonds is 4. The highest BCUT2D eigenvalue weighted by atomic mass is 16.5. The zero-order valence-corrected chi connectivity index (χ0v) is 13.6. The van der Waals surface area contributed by atoms with E-state index in [1.165, 1.54) is 0 Å². The first kappa shape index (κ1) is 15.4. The molecule has 0 aliphatic carbocycles. The summed E-state index contributed by atoms with van der Waals surface area (Å²) in [6.07, 6.45) is 0. The second-order valence-electron chi connectivity index (χ2n) is 6.28. The van der Waals surface area contributed by atoms with Crippen molar-refractivity contribution >= 4 is 11.9 Å². The number of nitrogens with zero attached hydrogens (tertiary/aromatic N) is 1. The Balaban J connectivity index is 1.92. The maximum absolute atomic E-state index is 12.7. The van der Waals surface area contributed by atoms with E-state index in [1.54, 1.807) is 12.0 Å². The van der Waals surface area contributed by atoms with Gasteiger partial charge in [0.05, 0.1) is 31.0 Å². The molecule has 2 N–H and O–H groups in total. The van der Waals surface area contributed by atoms with Gasteiger partial charge in [0.15, 0.2) is 0 Å². The number of benzene rings is 1. The molecule has 0 saturated heterocycles. The maximum Gasteiger partial charge on any atom is 0.319 e. The first-order valence-corrected chi connectivity index (χ1v) is 7.73. The molecule has 1 aromatic rings. The lowest BCUT2D eigenvalue weighted by Crippen LogP contribution is -2.44. The lowest BCUT2D eigenvalue weighted by atomic mass is 9.96. The third kappa shape index (κ3) is 2.88. The Morgan fingerprint density at radius 2 is 1.96 bits per heavy atom. The van der Waals surface area contributed by atoms with Crippen LogP contribution in [-0.2, 0) is 4.79 Å². The summed E-state index contributed by atoms with van der Waals surface area (Å²) in [5, 5.41) is 5.63. The van der Waals surface area contributed by atoms with Gasteiger partial charge in [-0.3, -0.25) is 4.79 Å². The second kappa shape index (κ2) is 5.95. The number of amides is 3. The van der Waals surface area contributed by atoms with Crippen LogP contribution in [0.4, 0.5) is 4.79 Å². The van der Waals surface area contributed by atoms with Crippen molar-refractivity contribution in [1.82, 2.24) is 15.5 Å². The topological polar surface area (TPSA) is 70.7 Å². The average Bonchev–Trinajstić information content (AvgIpc) is 2.82. The van der Waals surface area contributed by atoms with Crippen molar-refractivity contribution in [3.8, 4) is 5.75 Å². The van der Waals surface area contributed by atoms with Crippen molar-refractivity contribution in [2.75, 3.05) is 20.2 Å². The first-order valence-electron chi connectivity index (χ1n) is 7.73. The van der Waals surface area contributed by atoms with E-state index in [2.05, 4.69) is 24.5 Å². The van der Waals surface area contributed by atoms with E-state index in [4.69, 9.17) is 4.74 Å². The fraction of sp³-hybridized carbons (Fsp3) is 0.412. The number of methoxy groups -OCH3 is 1. The smallest absolute Gasteiger partial charge is 0.319 e. The molecular formula is C17H21N3O3. The molecule has 2 heterocycles. The molecule has 0 unspecified atom stereocenters. The number of hydrogen-bond acceptors (Lipinski definition) is 3. The molecule has 6 nitrogen and oxygen atoms in total. The minimum Gasteiger partial charge on any atom is -0.497 e. The third-order valence-electron chi connectivity index (χ3n) is 4.05. The van der Waals surface area contributed by atoms with Crippen LogP contribution in [0.2, 0.25) is 0 Å². The van der Waals surface area contributed by atoms with E-state index in [0.29, 0.717) is 30.3 Å². The molecule has 6 heteroatoms. The van der Waals surface area contributed by atoms with Gasteiger partial charge in [-0.25, -0.2) is 4.79 Å². The Morgan fingerprint density at radius 1 is 1.26 bits per heavy atom. The molecule has 1 atom stereocenters. The molecule has 122 valence electrons. The second-order valence-corrected chi connectivity index (χ2v) is 6.28. The number of nitrogens with one attached hydrogen (secondary N) is 2. The fourth-order valence-electron chi connectivity index (χ4n) is 3.06. The molecule has 0 bridgehead atoms. The lowest BCUT2D eigenvalue weighted by molar-refractivity contribution is -0.126. The predicted octanol–water partition coefficient (Wildman–Crippen LogP) is 1.80. The van der Waals surface area contributed by atoms with Crippen LogP contribution in [0.1, 0.15) is 25.5 Å². The van der Waals surface area contributed by atoms with Gasteiger partial charge in [-0.1, -0.05) is 26.0 Å². The summed E-state index contributed by atoms with van der Waals surface area (Å²) in [4.78, 5) is 26.5. The van der Waals surface area contributed by atoms with E-state index in [-0.39, 0.29) is 11.9 Å². The molecule has 0 aromatic heterocycles. The Labute approximate surface area is 135 Å². The molecule has 2 aliphatic heterocycles. The van der Waals surface area contributed by atoms with Gasteiger partial charge in [-0.2, -0.15) is 0 Å². The summed E-state index contributed by atoms with van der Waals surface area (Å²) in [6, 6.07) is 6.71. The van der Waals surface area contributed by atoms with Gasteiger partial charge in [0.1, 0.15) is 5.75 Å². The van der Waals surface area contributed by atoms with Crippen LogP contribution >= 0.6 is 0 Å². The third-order valence-corrected chi connectivity index (χ3v) is 4.05. The molecule has 0 spiro atoms. The molecule has 0 radical (unpaired) electrons. The molecule has 1 aromatic carbocycles. The molecule has 3 amide bonds. The lowest BCUT2D eigenvalue weighted by Gasteiger charge is -2.25. The van der Waals surface area contributed by atoms with Crippen molar-refractivity contribution < 1.29 is 14.3 Å². The van der Waals surface area contributed by atoms with Crippen molar-refractivity contribution in [2.24, 2.45) is 5.92 Å². The monoisotopic (exact) mass is 315 g/mol. The fourth-order valence-corrected chi connectivity index (χ4v) is 3.06. The van der Waals surface area contributed by atoms with E-state index in [9.17, 15) is 9.59 Å². The minimum absolute atomic E-state index is 0.0120. The maximum atomic E-state index is 12.7. The highest BCUT2D eigenvalue weighted by Crippen LogP contribution is 2.33. The van der Waals surface area contributed by atoms with E-state index < -0.39 is 6.04 Å². The molecule has 3 rings (SSSR count). The van der Waals surface area contributed by atoms with Gasteiger partial charge < -0.3 is 20.3 Å². The standard InChI is InChI=1S/C17H21N3O3/c1-10(2)8-20-9-13-14(16(20)21)15(19-17(22)18-13)11-4-6-12(23-3)7-5-11/h4-7,10,15H,8-9H2,1-3H3,(H2,18,19,22)/t15-/m1/s1. The van der Waals surface area contributed by atoms with Crippen LogP contribution in [0.15, 0.2) is 35.5 Å². The van der Waals surface area contributed by atoms with Crippen LogP contribution in [0, 0.1) is 5.92 Å². The van der Waals surface area contributed by atoms with Crippen molar-refractivity contribution in [3.63, 3.8) is 0 Å². The van der Waals surface area contributed by atoms with Crippen LogP contribution in [0.25, 0.3) is 0 Å². The van der Waals surface area contributed by atoms with Gasteiger partial charge >= 0.3 is 6.03 Å². The normalized spacial score (nSPS) is 20.5. The van der Waals surface area contributed by atoms with Gasteiger partial charge in [0.25, 0.3) is 5.91 Å². The molecular weight excluding hydrogens is 294 g/mol. The number of ether oxygens (including phenoxy) is 1. The Hall–Kier alpha value is -2.50. The summed E-state index contributed by atoms with van der Waals surface area (Å²) < 4.78 is 5.16. The average molecular weight is 315 g/mol. The predicted molar refractivity (Wildman–Crippen MR) is 85.8 cm³/mol. The SMILES string of the molecule is COc1ccc([C@H]2NC(=O)NC3=C2C(=O)N(CC(C)C)C3)cc1. The van der Waals surface area contributed by atoms with Crippen molar-refractivity contribution in [1.29, 1.82) is 0 Å². The quantitative estimate of drug-likeness (QED) is 0.890. The van der Waals surface area contributed by atoms with Crippen molar-refractivity contribution in [2.45, 2.75) is 19.9 Å². The number of carbonyl (C=O) groups is 2. The summed E-state index contributed by atoms with van der Waals surface area (Å²) >= 11 is 0. The summed E-state index contributed by atoms with van der Waals surface area (Å²) in [6.45, 7) is 5.29. The molecule has 0 saturated carbocycles. The molecule has 0 fully saturated rings. The summed E-state index contributed by atoms with van der Waals surface area (Å²) in [5.74, 6) is 1.10. The van der Waals surface area contributed by atoms with E-state index in [0.717, 1.165) is 11.3 Å². The number of carbonyl (C=O) groups excluding carboxylic acids is 2. The summed E-state index contributed by atoms with van der Waals surface area (Å²) in [7, 11) is 1.60. The summed E-state index contributed by atoms with van der Waals surface area (Å²) in [5.41, 5.74) is 2.21. The number of hydrogen-bond donors (Lipinski definition) is 2.